The van der Waals surface area contributed by atoms with E-state index < -0.39 is 57.3 Å². The highest BCUT2D eigenvalue weighted by atomic mass is 32.2. The van der Waals surface area contributed by atoms with Gasteiger partial charge in [-0.15, -0.1) is 5.10 Å². The number of carbonyl (C=O) groups excluding carboxylic acids is 4. The van der Waals surface area contributed by atoms with Crippen LogP contribution in [0.25, 0.3) is 16.8 Å². The van der Waals surface area contributed by atoms with Crippen molar-refractivity contribution in [2.24, 2.45) is 5.41 Å². The van der Waals surface area contributed by atoms with Crippen molar-refractivity contribution >= 4 is 51.1 Å². The zero-order valence-electron chi connectivity index (χ0n) is 35.7. The molecule has 3 atom stereocenters. The molecule has 17 heteroatoms. The van der Waals surface area contributed by atoms with E-state index in [1.165, 1.54) is 48.9 Å². The number of alkyl carbamates (subject to hydrolysis) is 1. The van der Waals surface area contributed by atoms with Crippen molar-refractivity contribution in [3.63, 3.8) is 0 Å². The molecule has 0 aliphatic rings. The van der Waals surface area contributed by atoms with Gasteiger partial charge < -0.3 is 24.3 Å². The molecule has 15 nitrogen and oxygen atoms in total. The summed E-state index contributed by atoms with van der Waals surface area (Å²) in [6.45, 7) is 13.3. The van der Waals surface area contributed by atoms with Crippen LogP contribution in [0.15, 0.2) is 90.0 Å². The quantitative estimate of drug-likeness (QED) is 0.0891. The lowest BCUT2D eigenvalue weighted by Crippen LogP contribution is -2.52. The van der Waals surface area contributed by atoms with Crippen molar-refractivity contribution in [1.82, 2.24) is 19.9 Å². The van der Waals surface area contributed by atoms with Gasteiger partial charge in [0.15, 0.2) is 15.5 Å². The molecule has 324 valence electrons. The molecule has 0 spiro atoms. The normalized spacial score (nSPS) is 13.4. The molecule has 2 amide bonds. The number of fused-ring (bicyclic) bond motifs is 1. The third kappa shape index (κ3) is 11.7. The fourth-order valence-corrected chi connectivity index (χ4v) is 6.75. The van der Waals surface area contributed by atoms with Gasteiger partial charge in [-0.25, -0.2) is 36.6 Å². The van der Waals surface area contributed by atoms with Crippen LogP contribution >= 0.6 is 0 Å². The highest BCUT2D eigenvalue weighted by Crippen LogP contribution is 2.36. The minimum Gasteiger partial charge on any atom is -0.495 e. The summed E-state index contributed by atoms with van der Waals surface area (Å²) in [6.07, 6.45) is -0.579. The first-order valence-corrected chi connectivity index (χ1v) is 21.2. The van der Waals surface area contributed by atoms with Crippen molar-refractivity contribution in [2.75, 3.05) is 18.3 Å². The second-order valence-electron chi connectivity index (χ2n) is 16.5. The Labute approximate surface area is 354 Å². The summed E-state index contributed by atoms with van der Waals surface area (Å²) in [7, 11) is -2.39. The number of hydrogen-bond donors (Lipinski definition) is 1. The predicted octanol–water partition coefficient (Wildman–Crippen LogP) is 7.97. The number of benzene rings is 3. The smallest absolute Gasteiger partial charge is 0.424 e. The molecule has 0 bridgehead atoms. The number of rotatable bonds is 13. The van der Waals surface area contributed by atoms with Crippen molar-refractivity contribution < 1.29 is 50.9 Å². The van der Waals surface area contributed by atoms with Crippen molar-refractivity contribution in [2.45, 2.75) is 90.6 Å². The van der Waals surface area contributed by atoms with Gasteiger partial charge in [0.1, 0.15) is 29.0 Å². The number of amides is 2. The Morgan fingerprint density at radius 1 is 0.869 bits per heavy atom. The first-order valence-electron chi connectivity index (χ1n) is 19.3. The molecule has 1 N–H and O–H groups in total. The Kier molecular flexibility index (Phi) is 13.6. The average Bonchev–Trinajstić information content (AvgIpc) is 3.58. The molecule has 1 unspecified atom stereocenters. The van der Waals surface area contributed by atoms with Gasteiger partial charge in [0.25, 0.3) is 5.95 Å². The number of sulfone groups is 1. The average molecular weight is 860 g/mol. The summed E-state index contributed by atoms with van der Waals surface area (Å²) < 4.78 is 61.6. The third-order valence-electron chi connectivity index (χ3n) is 9.35. The number of halogens is 1. The lowest BCUT2D eigenvalue weighted by Gasteiger charge is -2.31. The van der Waals surface area contributed by atoms with Gasteiger partial charge in [-0.2, -0.15) is 4.98 Å². The van der Waals surface area contributed by atoms with Crippen LogP contribution in [0, 0.1) is 11.2 Å². The monoisotopic (exact) mass is 859 g/mol. The number of Topliss-reactive ketones (excluding diaryl/α,β-unsaturated/α-hetero) is 1. The minimum atomic E-state index is -3.69. The van der Waals surface area contributed by atoms with Gasteiger partial charge in [0.05, 0.1) is 17.7 Å². The van der Waals surface area contributed by atoms with Gasteiger partial charge in [-0.05, 0) is 79.3 Å². The minimum absolute atomic E-state index is 0.00704. The molecule has 3 aromatic carbocycles. The number of nitrogens with zero attached hydrogens (tertiary/aromatic N) is 4. The maximum atomic E-state index is 14.1. The SMILES string of the molecule is COc1cc(S(C)(=O)=O)ccc1N(C(=O)OC(C)OC(=O)[C@@H](NC(=O)OC(C)(C)C)C(C)(C)C)c1nc2ccc(-c3ccc(CC(=O)[C@H](C)c4ccc(F)cc4)cc3)cn2n1. The number of ketones is 1. The van der Waals surface area contributed by atoms with Gasteiger partial charge in [0, 0.05) is 43.3 Å². The zero-order chi connectivity index (χ0) is 45.0. The van der Waals surface area contributed by atoms with Gasteiger partial charge in [-0.1, -0.05) is 64.1 Å². The first kappa shape index (κ1) is 45.7. The van der Waals surface area contributed by atoms with E-state index in [1.54, 1.807) is 78.9 Å². The van der Waals surface area contributed by atoms with Crippen LogP contribution in [0.4, 0.5) is 25.6 Å². The molecular weight excluding hydrogens is 810 g/mol. The maximum absolute atomic E-state index is 14.1. The Bertz CT molecular complexity index is 2530. The van der Waals surface area contributed by atoms with E-state index >= 15 is 0 Å². The number of ether oxygens (including phenoxy) is 4. The molecule has 5 rings (SSSR count). The summed E-state index contributed by atoms with van der Waals surface area (Å²) in [5.74, 6) is -1.94. The number of pyridine rings is 1. The summed E-state index contributed by atoms with van der Waals surface area (Å²) >= 11 is 0. The Morgan fingerprint density at radius 3 is 2.10 bits per heavy atom. The number of aromatic nitrogens is 3. The van der Waals surface area contributed by atoms with E-state index in [0.717, 1.165) is 33.4 Å². The molecule has 0 fully saturated rings. The van der Waals surface area contributed by atoms with Crippen LogP contribution in [0.1, 0.15) is 72.4 Å². The van der Waals surface area contributed by atoms with E-state index in [2.05, 4.69) is 15.4 Å². The Balaban J connectivity index is 1.41. The molecule has 2 aromatic heterocycles. The predicted molar refractivity (Wildman–Crippen MR) is 225 cm³/mol. The van der Waals surface area contributed by atoms with Crippen molar-refractivity contribution in [3.05, 3.63) is 102 Å². The fourth-order valence-electron chi connectivity index (χ4n) is 6.11. The molecule has 2 heterocycles. The molecule has 0 radical (unpaired) electrons. The number of hydrogen-bond acceptors (Lipinski definition) is 12. The molecular formula is C44H50FN5O10S. The van der Waals surface area contributed by atoms with Crippen LogP contribution in [-0.2, 0) is 40.1 Å². The lowest BCUT2D eigenvalue weighted by atomic mass is 9.87. The van der Waals surface area contributed by atoms with Crippen LogP contribution < -0.4 is 15.0 Å². The number of nitrogens with one attached hydrogen (secondary N) is 1. The summed E-state index contributed by atoms with van der Waals surface area (Å²) in [6, 6.07) is 19.4. The maximum Gasteiger partial charge on any atom is 0.424 e. The first-order chi connectivity index (χ1) is 28.4. The number of methoxy groups -OCH3 is 1. The highest BCUT2D eigenvalue weighted by molar-refractivity contribution is 7.90. The van der Waals surface area contributed by atoms with Crippen molar-refractivity contribution in [3.8, 4) is 16.9 Å². The molecule has 0 saturated carbocycles. The third-order valence-corrected chi connectivity index (χ3v) is 10.5. The van der Waals surface area contributed by atoms with Gasteiger partial charge in [-0.3, -0.25) is 4.79 Å². The van der Waals surface area contributed by atoms with E-state index in [1.807, 2.05) is 24.3 Å². The summed E-state index contributed by atoms with van der Waals surface area (Å²) in [5, 5.41) is 7.10. The fraction of sp³-hybridized carbons (Fsp3) is 0.364. The van der Waals surface area contributed by atoms with Gasteiger partial charge >= 0.3 is 18.2 Å². The van der Waals surface area contributed by atoms with Gasteiger partial charge in [0.2, 0.25) is 6.29 Å². The lowest BCUT2D eigenvalue weighted by molar-refractivity contribution is -0.169. The topological polar surface area (TPSA) is 185 Å². The van der Waals surface area contributed by atoms with E-state index in [0.29, 0.717) is 5.65 Å². The van der Waals surface area contributed by atoms with Crippen LogP contribution in [0.5, 0.6) is 5.75 Å². The van der Waals surface area contributed by atoms with Crippen LogP contribution in [-0.4, -0.2) is 78.3 Å². The second-order valence-corrected chi connectivity index (χ2v) is 18.5. The van der Waals surface area contributed by atoms with E-state index in [9.17, 15) is 32.0 Å². The van der Waals surface area contributed by atoms with Crippen LogP contribution in [0.2, 0.25) is 0 Å². The standard InChI is InChI=1S/C44H50FN5O10S/c1-26(29-15-18-32(45)19-16-29)35(51)23-28-11-13-30(14-12-28)31-17-22-37-46-40(48-49(37)25-31)50(34-21-20-33(61(10,55)56)24-36(34)57-9)42(54)59-27(2)58-39(52)38(43(3,4)5)47-41(53)60-44(6,7)8/h11-22,24-27,38H,23H2,1-10H3,(H,47,53)/t26-,27?,38-/m1/s1. The number of carbonyl (C=O) groups is 4. The summed E-state index contributed by atoms with van der Waals surface area (Å²) in [5.41, 5.74) is 1.69. The molecule has 61 heavy (non-hydrogen) atoms. The highest BCUT2D eigenvalue weighted by Gasteiger charge is 2.37. The largest absolute Gasteiger partial charge is 0.495 e. The molecule has 5 aromatic rings. The Morgan fingerprint density at radius 2 is 1.51 bits per heavy atom. The number of anilines is 2. The summed E-state index contributed by atoms with van der Waals surface area (Å²) in [4.78, 5) is 58.6. The van der Waals surface area contributed by atoms with Crippen molar-refractivity contribution in [1.29, 1.82) is 0 Å². The molecule has 0 saturated heterocycles. The van der Waals surface area contributed by atoms with Crippen LogP contribution in [0.3, 0.4) is 0 Å². The van der Waals surface area contributed by atoms with E-state index in [4.69, 9.17) is 18.9 Å². The Hall–Kier alpha value is -6.36. The number of esters is 1. The van der Waals surface area contributed by atoms with E-state index in [-0.39, 0.29) is 40.3 Å². The second kappa shape index (κ2) is 18.1. The molecule has 0 aliphatic carbocycles. The zero-order valence-corrected chi connectivity index (χ0v) is 36.5. The molecule has 0 aliphatic heterocycles.